The molecular weight excluding hydrogens is 346 g/mol. The van der Waals surface area contributed by atoms with Gasteiger partial charge in [0.15, 0.2) is 6.10 Å². The Morgan fingerprint density at radius 2 is 2.32 bits per heavy atom. The minimum atomic E-state index is -0.506. The maximum Gasteiger partial charge on any atom is 0.263 e. The molecule has 0 N–H and O–H groups in total. The van der Waals surface area contributed by atoms with E-state index in [2.05, 4.69) is 15.9 Å². The van der Waals surface area contributed by atoms with Crippen LogP contribution in [0, 0.1) is 6.92 Å². The molecule has 5 heteroatoms. The van der Waals surface area contributed by atoms with E-state index < -0.39 is 6.10 Å². The fourth-order valence-corrected chi connectivity index (χ4v) is 3.16. The zero-order chi connectivity index (χ0) is 16.1. The Morgan fingerprint density at radius 3 is 2.95 bits per heavy atom. The summed E-state index contributed by atoms with van der Waals surface area (Å²) in [6.07, 6.45) is 2.92. The molecule has 0 radical (unpaired) electrons. The molecule has 0 saturated carbocycles. The number of ether oxygens (including phenoxy) is 2. The highest BCUT2D eigenvalue weighted by atomic mass is 79.9. The number of aryl methyl sites for hydroxylation is 1. The van der Waals surface area contributed by atoms with E-state index in [-0.39, 0.29) is 5.91 Å². The van der Waals surface area contributed by atoms with Crippen molar-refractivity contribution in [2.75, 3.05) is 20.2 Å². The van der Waals surface area contributed by atoms with Crippen molar-refractivity contribution in [3.8, 4) is 5.75 Å². The smallest absolute Gasteiger partial charge is 0.263 e. The predicted molar refractivity (Wildman–Crippen MR) is 90.2 cm³/mol. The molecule has 1 saturated heterocycles. The molecule has 122 valence electrons. The summed E-state index contributed by atoms with van der Waals surface area (Å²) in [6, 6.07) is 5.83. The Kier molecular flexibility index (Phi) is 6.26. The number of hydrogen-bond donors (Lipinski definition) is 0. The normalized spacial score (nSPS) is 19.0. The van der Waals surface area contributed by atoms with Gasteiger partial charge in [-0.05, 0) is 66.7 Å². The van der Waals surface area contributed by atoms with Crippen molar-refractivity contribution in [2.45, 2.75) is 45.3 Å². The third-order valence-corrected chi connectivity index (χ3v) is 4.55. The Labute approximate surface area is 140 Å². The number of amides is 1. The molecule has 1 aliphatic rings. The summed E-state index contributed by atoms with van der Waals surface area (Å²) in [6.45, 7) is 5.36. The average molecular weight is 370 g/mol. The fourth-order valence-electron chi connectivity index (χ4n) is 2.57. The van der Waals surface area contributed by atoms with Crippen LogP contribution in [-0.2, 0) is 9.53 Å². The highest BCUT2D eigenvalue weighted by Crippen LogP contribution is 2.27. The van der Waals surface area contributed by atoms with Crippen molar-refractivity contribution in [3.05, 3.63) is 28.2 Å². The van der Waals surface area contributed by atoms with E-state index in [1.807, 2.05) is 32.2 Å². The Balaban J connectivity index is 1.84. The van der Waals surface area contributed by atoms with Crippen LogP contribution in [0.25, 0.3) is 0 Å². The third kappa shape index (κ3) is 4.71. The van der Waals surface area contributed by atoms with E-state index in [9.17, 15) is 4.79 Å². The van der Waals surface area contributed by atoms with E-state index in [1.165, 1.54) is 0 Å². The van der Waals surface area contributed by atoms with Crippen molar-refractivity contribution in [2.24, 2.45) is 0 Å². The van der Waals surface area contributed by atoms with Gasteiger partial charge in [0.1, 0.15) is 5.75 Å². The number of halogens is 1. The zero-order valence-corrected chi connectivity index (χ0v) is 15.1. The molecule has 1 heterocycles. The molecule has 0 aromatic heterocycles. The average Bonchev–Trinajstić information content (AvgIpc) is 3.00. The van der Waals surface area contributed by atoms with Crippen LogP contribution >= 0.6 is 15.9 Å². The number of hydrogen-bond acceptors (Lipinski definition) is 3. The maximum atomic E-state index is 12.4. The second kappa shape index (κ2) is 7.97. The minimum Gasteiger partial charge on any atom is -0.480 e. The summed E-state index contributed by atoms with van der Waals surface area (Å²) < 4.78 is 12.2. The van der Waals surface area contributed by atoms with E-state index in [0.717, 1.165) is 35.9 Å². The Hall–Kier alpha value is -1.07. The van der Waals surface area contributed by atoms with Crippen molar-refractivity contribution in [3.63, 3.8) is 0 Å². The van der Waals surface area contributed by atoms with Crippen molar-refractivity contribution in [1.82, 2.24) is 4.90 Å². The predicted octanol–water partition coefficient (Wildman–Crippen LogP) is 3.55. The molecule has 2 rings (SSSR count). The molecule has 0 unspecified atom stereocenters. The highest BCUT2D eigenvalue weighted by Gasteiger charge is 2.22. The number of nitrogens with zero attached hydrogens (tertiary/aromatic N) is 1. The molecule has 1 amide bonds. The van der Waals surface area contributed by atoms with Gasteiger partial charge in [-0.2, -0.15) is 0 Å². The van der Waals surface area contributed by atoms with Crippen molar-refractivity contribution >= 4 is 21.8 Å². The number of carbonyl (C=O) groups is 1. The van der Waals surface area contributed by atoms with Crippen LogP contribution < -0.4 is 4.74 Å². The highest BCUT2D eigenvalue weighted by molar-refractivity contribution is 9.10. The second-order valence-electron chi connectivity index (χ2n) is 5.88. The summed E-state index contributed by atoms with van der Waals surface area (Å²) in [7, 11) is 1.82. The number of likely N-dealkylation sites (N-methyl/N-ethyl adjacent to an activating group) is 1. The summed E-state index contributed by atoms with van der Waals surface area (Å²) in [5.41, 5.74) is 1.15. The molecule has 0 bridgehead atoms. The molecule has 0 spiro atoms. The standard InChI is InChI=1S/C17H24BrNO3/c1-12-6-7-16(15(18)11-12)22-13(2)17(20)19(3)9-8-14-5-4-10-21-14/h6-7,11,13-14H,4-5,8-10H2,1-3H3/t13-,14-/m1/s1. The van der Waals surface area contributed by atoms with Gasteiger partial charge in [0.2, 0.25) is 0 Å². The van der Waals surface area contributed by atoms with E-state index >= 15 is 0 Å². The minimum absolute atomic E-state index is 0.00882. The molecule has 22 heavy (non-hydrogen) atoms. The van der Waals surface area contributed by atoms with Crippen LogP contribution in [0.15, 0.2) is 22.7 Å². The molecule has 0 aliphatic carbocycles. The largest absolute Gasteiger partial charge is 0.480 e. The Bertz CT molecular complexity index is 515. The van der Waals surface area contributed by atoms with Gasteiger partial charge in [0.05, 0.1) is 10.6 Å². The van der Waals surface area contributed by atoms with Crippen LogP contribution in [0.5, 0.6) is 5.75 Å². The lowest BCUT2D eigenvalue weighted by atomic mass is 10.2. The van der Waals surface area contributed by atoms with Crippen LogP contribution in [0.1, 0.15) is 31.7 Å². The number of rotatable bonds is 6. The van der Waals surface area contributed by atoms with Gasteiger partial charge in [-0.25, -0.2) is 0 Å². The van der Waals surface area contributed by atoms with Gasteiger partial charge in [-0.3, -0.25) is 4.79 Å². The summed E-state index contributed by atoms with van der Waals surface area (Å²) in [5.74, 6) is 0.685. The number of benzene rings is 1. The van der Waals surface area contributed by atoms with Gasteiger partial charge < -0.3 is 14.4 Å². The first-order valence-corrected chi connectivity index (χ1v) is 8.56. The monoisotopic (exact) mass is 369 g/mol. The van der Waals surface area contributed by atoms with Gasteiger partial charge in [0, 0.05) is 20.2 Å². The number of carbonyl (C=O) groups excluding carboxylic acids is 1. The third-order valence-electron chi connectivity index (χ3n) is 3.93. The summed E-state index contributed by atoms with van der Waals surface area (Å²) >= 11 is 3.47. The van der Waals surface area contributed by atoms with Crippen molar-refractivity contribution < 1.29 is 14.3 Å². The molecule has 1 fully saturated rings. The van der Waals surface area contributed by atoms with Gasteiger partial charge in [-0.15, -0.1) is 0 Å². The van der Waals surface area contributed by atoms with Gasteiger partial charge >= 0.3 is 0 Å². The summed E-state index contributed by atoms with van der Waals surface area (Å²) in [5, 5.41) is 0. The van der Waals surface area contributed by atoms with E-state index in [4.69, 9.17) is 9.47 Å². The lowest BCUT2D eigenvalue weighted by Gasteiger charge is -2.23. The lowest BCUT2D eigenvalue weighted by Crippen LogP contribution is -2.39. The quantitative estimate of drug-likeness (QED) is 0.769. The first-order valence-electron chi connectivity index (χ1n) is 7.76. The van der Waals surface area contributed by atoms with Gasteiger partial charge in [-0.1, -0.05) is 6.07 Å². The summed E-state index contributed by atoms with van der Waals surface area (Å²) in [4.78, 5) is 14.1. The first-order chi connectivity index (χ1) is 10.5. The molecule has 1 aromatic carbocycles. The lowest BCUT2D eigenvalue weighted by molar-refractivity contribution is -0.136. The van der Waals surface area contributed by atoms with Crippen molar-refractivity contribution in [1.29, 1.82) is 0 Å². The zero-order valence-electron chi connectivity index (χ0n) is 13.5. The van der Waals surface area contributed by atoms with Crippen LogP contribution in [-0.4, -0.2) is 43.2 Å². The van der Waals surface area contributed by atoms with Crippen LogP contribution in [0.4, 0.5) is 0 Å². The molecule has 4 nitrogen and oxygen atoms in total. The van der Waals surface area contributed by atoms with Gasteiger partial charge in [0.25, 0.3) is 5.91 Å². The fraction of sp³-hybridized carbons (Fsp3) is 0.588. The van der Waals surface area contributed by atoms with E-state index in [0.29, 0.717) is 18.4 Å². The topological polar surface area (TPSA) is 38.8 Å². The molecule has 2 atom stereocenters. The SMILES string of the molecule is Cc1ccc(O[C@H](C)C(=O)N(C)CC[C@H]2CCCO2)c(Br)c1. The van der Waals surface area contributed by atoms with Crippen LogP contribution in [0.2, 0.25) is 0 Å². The Morgan fingerprint density at radius 1 is 1.55 bits per heavy atom. The molecule has 1 aromatic rings. The maximum absolute atomic E-state index is 12.4. The first kappa shape index (κ1) is 17.3. The second-order valence-corrected chi connectivity index (χ2v) is 6.73. The molecular formula is C17H24BrNO3. The van der Waals surface area contributed by atoms with Crippen LogP contribution in [0.3, 0.4) is 0 Å². The molecule has 1 aliphatic heterocycles. The van der Waals surface area contributed by atoms with E-state index in [1.54, 1.807) is 11.8 Å².